The molecule has 2 N–H and O–H groups in total. The predicted octanol–water partition coefficient (Wildman–Crippen LogP) is 3.99. The number of rotatable bonds is 11. The SMILES string of the molecule is CCCCCC(CCN(C(N)=O)C1C=CC2(C1)OCCO2)OCc1ccccc1. The standard InChI is InChI=1S/C23H34N2O4/c1-2-3-5-10-21(27-18-19-8-6-4-7-9-19)12-14-25(22(24)26)20-11-13-23(17-20)28-15-16-29-23/h4,6-9,11,13,20-21H,2-3,5,10,12,14-18H2,1H3,(H2,24,26). The molecule has 1 aromatic rings. The maximum atomic E-state index is 12.1. The normalized spacial score (nSPS) is 20.9. The minimum absolute atomic E-state index is 0.0990. The Morgan fingerprint density at radius 2 is 2.00 bits per heavy atom. The number of carbonyl (C=O) groups is 1. The molecule has 0 saturated carbocycles. The van der Waals surface area contributed by atoms with Gasteiger partial charge in [0.2, 0.25) is 0 Å². The Hall–Kier alpha value is -1.89. The summed E-state index contributed by atoms with van der Waals surface area (Å²) in [6.45, 7) is 4.51. The molecule has 1 aliphatic carbocycles. The largest absolute Gasteiger partial charge is 0.373 e. The molecule has 160 valence electrons. The van der Waals surface area contributed by atoms with Crippen molar-refractivity contribution < 1.29 is 19.0 Å². The molecule has 1 heterocycles. The van der Waals surface area contributed by atoms with Gasteiger partial charge < -0.3 is 24.8 Å². The number of nitrogens with two attached hydrogens (primary N) is 1. The Morgan fingerprint density at radius 3 is 2.69 bits per heavy atom. The van der Waals surface area contributed by atoms with E-state index in [-0.39, 0.29) is 12.1 Å². The number of nitrogens with zero attached hydrogens (tertiary/aromatic N) is 1. The molecule has 6 nitrogen and oxygen atoms in total. The molecule has 0 aromatic heterocycles. The Kier molecular flexibility index (Phi) is 8.09. The van der Waals surface area contributed by atoms with Crippen molar-refractivity contribution in [1.82, 2.24) is 4.90 Å². The van der Waals surface area contributed by atoms with Gasteiger partial charge in [-0.2, -0.15) is 0 Å². The van der Waals surface area contributed by atoms with Crippen molar-refractivity contribution in [2.45, 2.75) is 70.0 Å². The summed E-state index contributed by atoms with van der Waals surface area (Å²) in [5.74, 6) is -0.678. The molecule has 6 heteroatoms. The van der Waals surface area contributed by atoms with Gasteiger partial charge in [-0.25, -0.2) is 4.79 Å². The Bertz CT molecular complexity index is 658. The van der Waals surface area contributed by atoms with E-state index in [1.54, 1.807) is 4.90 Å². The van der Waals surface area contributed by atoms with Gasteiger partial charge in [0.25, 0.3) is 0 Å². The first-order valence-electron chi connectivity index (χ1n) is 10.8. The summed E-state index contributed by atoms with van der Waals surface area (Å²) >= 11 is 0. The summed E-state index contributed by atoms with van der Waals surface area (Å²) in [6, 6.07) is 9.68. The molecule has 1 fully saturated rings. The van der Waals surface area contributed by atoms with Crippen LogP contribution in [0.25, 0.3) is 0 Å². The molecule has 1 spiro atoms. The highest BCUT2D eigenvalue weighted by Gasteiger charge is 2.42. The molecule has 29 heavy (non-hydrogen) atoms. The van der Waals surface area contributed by atoms with Crippen molar-refractivity contribution in [3.63, 3.8) is 0 Å². The lowest BCUT2D eigenvalue weighted by atomic mass is 10.1. The van der Waals surface area contributed by atoms with E-state index < -0.39 is 11.8 Å². The number of unbranched alkanes of at least 4 members (excludes halogenated alkanes) is 2. The third-order valence-electron chi connectivity index (χ3n) is 5.68. The molecule has 1 saturated heterocycles. The Labute approximate surface area is 174 Å². The number of carbonyl (C=O) groups excluding carboxylic acids is 1. The number of primary amides is 1. The van der Waals surface area contributed by atoms with Gasteiger partial charge >= 0.3 is 6.03 Å². The van der Waals surface area contributed by atoms with Crippen LogP contribution in [0.15, 0.2) is 42.5 Å². The molecule has 2 unspecified atom stereocenters. The van der Waals surface area contributed by atoms with Crippen LogP contribution in [0.3, 0.4) is 0 Å². The van der Waals surface area contributed by atoms with Gasteiger partial charge in [-0.1, -0.05) is 62.6 Å². The number of benzene rings is 1. The third kappa shape index (κ3) is 6.29. The number of urea groups is 1. The van der Waals surface area contributed by atoms with Crippen LogP contribution in [0, 0.1) is 0 Å². The van der Waals surface area contributed by atoms with Gasteiger partial charge in [0.05, 0.1) is 32.0 Å². The van der Waals surface area contributed by atoms with Crippen molar-refractivity contribution in [3.05, 3.63) is 48.0 Å². The molecular formula is C23H34N2O4. The van der Waals surface area contributed by atoms with Crippen LogP contribution in [0.4, 0.5) is 4.79 Å². The monoisotopic (exact) mass is 402 g/mol. The van der Waals surface area contributed by atoms with Gasteiger partial charge in [0, 0.05) is 13.0 Å². The van der Waals surface area contributed by atoms with Crippen molar-refractivity contribution >= 4 is 6.03 Å². The summed E-state index contributed by atoms with van der Waals surface area (Å²) in [4.78, 5) is 13.9. The van der Waals surface area contributed by atoms with Crippen LogP contribution in [0.5, 0.6) is 0 Å². The molecule has 3 rings (SSSR count). The fraction of sp³-hybridized carbons (Fsp3) is 0.609. The van der Waals surface area contributed by atoms with E-state index >= 15 is 0 Å². The maximum Gasteiger partial charge on any atom is 0.315 e. The lowest BCUT2D eigenvalue weighted by molar-refractivity contribution is -0.120. The van der Waals surface area contributed by atoms with Gasteiger partial charge in [-0.3, -0.25) is 0 Å². The van der Waals surface area contributed by atoms with Gasteiger partial charge in [0.1, 0.15) is 0 Å². The second-order valence-electron chi connectivity index (χ2n) is 7.87. The first-order valence-corrected chi connectivity index (χ1v) is 10.8. The van der Waals surface area contributed by atoms with E-state index in [0.29, 0.717) is 32.8 Å². The summed E-state index contributed by atoms with van der Waals surface area (Å²) in [5, 5.41) is 0. The predicted molar refractivity (Wildman–Crippen MR) is 112 cm³/mol. The average Bonchev–Trinajstić information content (AvgIpc) is 3.36. The number of amides is 2. The summed E-state index contributed by atoms with van der Waals surface area (Å²) in [7, 11) is 0. The maximum absolute atomic E-state index is 12.1. The zero-order chi connectivity index (χ0) is 20.5. The van der Waals surface area contributed by atoms with Crippen LogP contribution in [0.1, 0.15) is 51.0 Å². The number of ether oxygens (including phenoxy) is 3. The van der Waals surface area contributed by atoms with Gasteiger partial charge in [-0.05, 0) is 24.5 Å². The Balaban J connectivity index is 1.54. The third-order valence-corrected chi connectivity index (χ3v) is 5.68. The molecular weight excluding hydrogens is 368 g/mol. The van der Waals surface area contributed by atoms with E-state index in [1.165, 1.54) is 12.8 Å². The van der Waals surface area contributed by atoms with Crippen LogP contribution in [-0.2, 0) is 20.8 Å². The molecule has 0 bridgehead atoms. The van der Waals surface area contributed by atoms with E-state index in [9.17, 15) is 4.79 Å². The van der Waals surface area contributed by atoms with E-state index in [2.05, 4.69) is 19.1 Å². The molecule has 0 radical (unpaired) electrons. The van der Waals surface area contributed by atoms with Crippen LogP contribution in [-0.4, -0.2) is 48.6 Å². The van der Waals surface area contributed by atoms with Gasteiger partial charge in [0.15, 0.2) is 5.79 Å². The summed E-state index contributed by atoms with van der Waals surface area (Å²) in [6.07, 6.45) is 9.84. The minimum Gasteiger partial charge on any atom is -0.373 e. The number of hydrogen-bond acceptors (Lipinski definition) is 4. The molecule has 1 aliphatic heterocycles. The topological polar surface area (TPSA) is 74.0 Å². The summed E-state index contributed by atoms with van der Waals surface area (Å²) < 4.78 is 17.7. The van der Waals surface area contributed by atoms with Crippen LogP contribution >= 0.6 is 0 Å². The van der Waals surface area contributed by atoms with Gasteiger partial charge in [-0.15, -0.1) is 0 Å². The molecule has 2 amide bonds. The lowest BCUT2D eigenvalue weighted by Crippen LogP contribution is -2.45. The lowest BCUT2D eigenvalue weighted by Gasteiger charge is -2.30. The van der Waals surface area contributed by atoms with Crippen molar-refractivity contribution in [2.24, 2.45) is 5.73 Å². The fourth-order valence-electron chi connectivity index (χ4n) is 4.03. The quantitative estimate of drug-likeness (QED) is 0.449. The molecule has 2 atom stereocenters. The smallest absolute Gasteiger partial charge is 0.315 e. The Morgan fingerprint density at radius 1 is 1.24 bits per heavy atom. The first kappa shape index (κ1) is 21.8. The van der Waals surface area contributed by atoms with Crippen LogP contribution in [0.2, 0.25) is 0 Å². The van der Waals surface area contributed by atoms with Crippen LogP contribution < -0.4 is 5.73 Å². The highest BCUT2D eigenvalue weighted by Crippen LogP contribution is 2.34. The second kappa shape index (κ2) is 10.8. The first-order chi connectivity index (χ1) is 14.1. The van der Waals surface area contributed by atoms with Crippen molar-refractivity contribution in [1.29, 1.82) is 0 Å². The van der Waals surface area contributed by atoms with Crippen molar-refractivity contribution in [3.8, 4) is 0 Å². The molecule has 2 aliphatic rings. The second-order valence-corrected chi connectivity index (χ2v) is 7.87. The summed E-state index contributed by atoms with van der Waals surface area (Å²) in [5.41, 5.74) is 6.87. The minimum atomic E-state index is -0.678. The average molecular weight is 403 g/mol. The molecule has 1 aromatic carbocycles. The zero-order valence-electron chi connectivity index (χ0n) is 17.4. The van der Waals surface area contributed by atoms with E-state index in [1.807, 2.05) is 30.4 Å². The van der Waals surface area contributed by atoms with E-state index in [0.717, 1.165) is 24.8 Å². The van der Waals surface area contributed by atoms with E-state index in [4.69, 9.17) is 19.9 Å². The highest BCUT2D eigenvalue weighted by atomic mass is 16.7. The fourth-order valence-corrected chi connectivity index (χ4v) is 4.03. The highest BCUT2D eigenvalue weighted by molar-refractivity contribution is 5.72. The number of hydrogen-bond donors (Lipinski definition) is 1. The zero-order valence-corrected chi connectivity index (χ0v) is 17.4. The van der Waals surface area contributed by atoms with Crippen molar-refractivity contribution in [2.75, 3.05) is 19.8 Å².